The number of nitrogens with zero attached hydrogens (tertiary/aromatic N) is 6. The second-order valence-electron chi connectivity index (χ2n) is 9.78. The van der Waals surface area contributed by atoms with Gasteiger partial charge in [-0.2, -0.15) is 10.1 Å². The van der Waals surface area contributed by atoms with Crippen molar-refractivity contribution >= 4 is 28.7 Å². The van der Waals surface area contributed by atoms with Crippen molar-refractivity contribution in [3.8, 4) is 11.4 Å². The number of aryl methyl sites for hydroxylation is 1. The number of ether oxygens (including phenoxy) is 1. The molecule has 0 aliphatic carbocycles. The molecule has 0 atom stereocenters. The Hall–Kier alpha value is -3.46. The smallest absolute Gasteiger partial charge is 0.312 e. The summed E-state index contributed by atoms with van der Waals surface area (Å²) in [6.45, 7) is 10.2. The van der Waals surface area contributed by atoms with Crippen LogP contribution in [0.2, 0.25) is 5.28 Å². The highest BCUT2D eigenvalue weighted by atomic mass is 35.5. The molecule has 36 heavy (non-hydrogen) atoms. The van der Waals surface area contributed by atoms with Crippen molar-refractivity contribution in [2.45, 2.75) is 67.3 Å². The van der Waals surface area contributed by atoms with Crippen molar-refractivity contribution in [3.63, 3.8) is 0 Å². The van der Waals surface area contributed by atoms with E-state index >= 15 is 0 Å². The third kappa shape index (κ3) is 5.21. The first-order valence-electron chi connectivity index (χ1n) is 12.1. The van der Waals surface area contributed by atoms with Gasteiger partial charge in [0.05, 0.1) is 23.7 Å². The van der Waals surface area contributed by atoms with Crippen LogP contribution in [0.1, 0.15) is 52.2 Å². The molecular weight excluding hydrogens is 480 g/mol. The number of hydrogen-bond donors (Lipinski definition) is 0. The highest BCUT2D eigenvalue weighted by molar-refractivity contribution is 6.28. The molecule has 0 saturated heterocycles. The Morgan fingerprint density at radius 2 is 1.86 bits per heavy atom. The van der Waals surface area contributed by atoms with E-state index in [4.69, 9.17) is 16.3 Å². The minimum absolute atomic E-state index is 0.0729. The first kappa shape index (κ1) is 25.6. The van der Waals surface area contributed by atoms with Crippen LogP contribution in [0.3, 0.4) is 0 Å². The fraction of sp³-hybridized carbons (Fsp3) is 0.423. The van der Waals surface area contributed by atoms with Gasteiger partial charge in [0.15, 0.2) is 17.9 Å². The monoisotopic (exact) mass is 510 g/mol. The minimum atomic E-state index is -0.696. The minimum Gasteiger partial charge on any atom is -0.443 e. The quantitative estimate of drug-likeness (QED) is 0.252. The van der Waals surface area contributed by atoms with Gasteiger partial charge >= 0.3 is 5.97 Å². The first-order chi connectivity index (χ1) is 17.1. The van der Waals surface area contributed by atoms with Crippen molar-refractivity contribution in [3.05, 3.63) is 63.4 Å². The molecule has 0 N–H and O–H groups in total. The predicted octanol–water partition coefficient (Wildman–Crippen LogP) is 4.68. The maximum atomic E-state index is 13.4. The maximum Gasteiger partial charge on any atom is 0.312 e. The van der Waals surface area contributed by atoms with Crippen molar-refractivity contribution in [2.24, 2.45) is 5.41 Å². The molecule has 0 bridgehead atoms. The van der Waals surface area contributed by atoms with Gasteiger partial charge in [-0.25, -0.2) is 4.98 Å². The summed E-state index contributed by atoms with van der Waals surface area (Å²) >= 11 is 6.30. The Bertz CT molecular complexity index is 1460. The van der Waals surface area contributed by atoms with Crippen LogP contribution in [-0.4, -0.2) is 34.9 Å². The van der Waals surface area contributed by atoms with Crippen LogP contribution in [0.4, 0.5) is 0 Å². The van der Waals surface area contributed by atoms with Gasteiger partial charge in [0.1, 0.15) is 5.82 Å². The van der Waals surface area contributed by atoms with Gasteiger partial charge in [-0.15, -0.1) is 0 Å². The Kier molecular flexibility index (Phi) is 7.31. The van der Waals surface area contributed by atoms with Crippen molar-refractivity contribution in [1.29, 1.82) is 0 Å². The molecule has 0 fully saturated rings. The molecule has 10 heteroatoms. The van der Waals surface area contributed by atoms with Crippen LogP contribution in [0.15, 0.2) is 41.5 Å². The van der Waals surface area contributed by atoms with Crippen molar-refractivity contribution < 1.29 is 9.53 Å². The molecule has 0 unspecified atom stereocenters. The lowest BCUT2D eigenvalue weighted by molar-refractivity contribution is -0.156. The average Bonchev–Trinajstić information content (AvgIpc) is 3.44. The van der Waals surface area contributed by atoms with Crippen LogP contribution in [-0.2, 0) is 35.8 Å². The molecule has 0 aliphatic heterocycles. The van der Waals surface area contributed by atoms with Crippen LogP contribution in [0, 0.1) is 5.41 Å². The third-order valence-electron chi connectivity index (χ3n) is 5.84. The molecule has 3 aromatic heterocycles. The fourth-order valence-electron chi connectivity index (χ4n) is 3.89. The molecule has 0 saturated carbocycles. The summed E-state index contributed by atoms with van der Waals surface area (Å²) in [6.07, 6.45) is 5.20. The molecule has 9 nitrogen and oxygen atoms in total. The van der Waals surface area contributed by atoms with E-state index in [2.05, 4.69) is 40.2 Å². The number of fused-ring (bicyclic) bond motifs is 1. The van der Waals surface area contributed by atoms with E-state index < -0.39 is 11.4 Å². The number of halogens is 1. The second-order valence-corrected chi connectivity index (χ2v) is 10.1. The van der Waals surface area contributed by atoms with E-state index in [0.29, 0.717) is 30.9 Å². The van der Waals surface area contributed by atoms with Gasteiger partial charge in [-0.3, -0.25) is 23.4 Å². The summed E-state index contributed by atoms with van der Waals surface area (Å²) in [6, 6.07) is 8.36. The second kappa shape index (κ2) is 10.3. The van der Waals surface area contributed by atoms with Gasteiger partial charge in [0.25, 0.3) is 5.56 Å². The van der Waals surface area contributed by atoms with E-state index in [1.165, 1.54) is 10.1 Å². The van der Waals surface area contributed by atoms with Gasteiger partial charge in [-0.1, -0.05) is 38.1 Å². The Morgan fingerprint density at radius 1 is 1.11 bits per heavy atom. The van der Waals surface area contributed by atoms with E-state index in [-0.39, 0.29) is 28.7 Å². The highest BCUT2D eigenvalue weighted by Crippen LogP contribution is 2.25. The summed E-state index contributed by atoms with van der Waals surface area (Å²) < 4.78 is 10.4. The SMILES string of the molecule is CCCn1c(Cl)nc2nc(-c3cnn(Cc4cccc(CC)c4)c3)n(COC(=O)C(C)(C)C)c2c1=O. The molecule has 4 rings (SSSR count). The molecule has 1 aromatic carbocycles. The molecule has 3 heterocycles. The summed E-state index contributed by atoms with van der Waals surface area (Å²) in [5.74, 6) is 0.0350. The number of esters is 1. The molecule has 0 amide bonds. The summed E-state index contributed by atoms with van der Waals surface area (Å²) in [5.41, 5.74) is 2.46. The Labute approximate surface area is 214 Å². The number of benzene rings is 1. The number of aromatic nitrogens is 6. The lowest BCUT2D eigenvalue weighted by Crippen LogP contribution is -2.27. The zero-order valence-corrected chi connectivity index (χ0v) is 22.0. The van der Waals surface area contributed by atoms with E-state index in [0.717, 1.165) is 12.0 Å². The summed E-state index contributed by atoms with van der Waals surface area (Å²) in [5, 5.41) is 4.57. The van der Waals surface area contributed by atoms with Crippen LogP contribution in [0.25, 0.3) is 22.6 Å². The molecule has 4 aromatic rings. The topological polar surface area (TPSA) is 96.8 Å². The lowest BCUT2D eigenvalue weighted by Gasteiger charge is -2.17. The Balaban J connectivity index is 1.77. The lowest BCUT2D eigenvalue weighted by atomic mass is 9.98. The van der Waals surface area contributed by atoms with E-state index in [1.54, 1.807) is 31.5 Å². The van der Waals surface area contributed by atoms with Gasteiger partial charge in [0, 0.05) is 12.7 Å². The van der Waals surface area contributed by atoms with Crippen molar-refractivity contribution in [2.75, 3.05) is 0 Å². The van der Waals surface area contributed by atoms with Crippen LogP contribution in [0.5, 0.6) is 0 Å². The number of carbonyl (C=O) groups is 1. The highest BCUT2D eigenvalue weighted by Gasteiger charge is 2.26. The van der Waals surface area contributed by atoms with Gasteiger partial charge < -0.3 is 4.74 Å². The third-order valence-corrected chi connectivity index (χ3v) is 6.13. The molecule has 0 aliphatic rings. The fourth-order valence-corrected chi connectivity index (χ4v) is 4.13. The number of hydrogen-bond acceptors (Lipinski definition) is 6. The van der Waals surface area contributed by atoms with E-state index in [9.17, 15) is 9.59 Å². The zero-order chi connectivity index (χ0) is 26.0. The number of imidazole rings is 1. The normalized spacial score (nSPS) is 11.8. The van der Waals surface area contributed by atoms with Crippen LogP contribution < -0.4 is 5.56 Å². The predicted molar refractivity (Wildman–Crippen MR) is 139 cm³/mol. The molecule has 0 radical (unpaired) electrons. The average molecular weight is 511 g/mol. The zero-order valence-electron chi connectivity index (χ0n) is 21.3. The maximum absolute atomic E-state index is 13.4. The largest absolute Gasteiger partial charge is 0.443 e. The number of carbonyl (C=O) groups excluding carboxylic acids is 1. The summed E-state index contributed by atoms with van der Waals surface area (Å²) in [7, 11) is 0. The van der Waals surface area contributed by atoms with E-state index in [1.807, 2.05) is 23.9 Å². The molecular formula is C26H31ClN6O3. The Morgan fingerprint density at radius 3 is 2.56 bits per heavy atom. The summed E-state index contributed by atoms with van der Waals surface area (Å²) in [4.78, 5) is 34.9. The van der Waals surface area contributed by atoms with Gasteiger partial charge in [0.2, 0.25) is 5.28 Å². The first-order valence-corrected chi connectivity index (χ1v) is 12.4. The molecule has 190 valence electrons. The molecule has 0 spiro atoms. The number of rotatable bonds is 8. The van der Waals surface area contributed by atoms with Crippen LogP contribution >= 0.6 is 11.6 Å². The van der Waals surface area contributed by atoms with Gasteiger partial charge in [-0.05, 0) is 56.3 Å². The van der Waals surface area contributed by atoms with Crippen molar-refractivity contribution in [1.82, 2.24) is 28.9 Å². The standard InChI is InChI=1S/C26H31ClN6O3/c1-6-11-32-23(34)20-21(30-25(32)27)29-22(33(20)16-36-24(35)26(3,4)5)19-13-28-31(15-19)14-18-10-8-9-17(7-2)12-18/h8-10,12-13,15H,6-7,11,14,16H2,1-5H3.